The summed E-state index contributed by atoms with van der Waals surface area (Å²) in [6, 6.07) is 4.68. The van der Waals surface area contributed by atoms with Gasteiger partial charge in [0.2, 0.25) is 4.96 Å². The number of fused-ring (bicyclic) bond motifs is 1. The van der Waals surface area contributed by atoms with Gasteiger partial charge in [-0.25, -0.2) is 9.78 Å². The number of hydrogen-bond donors (Lipinski definition) is 0. The van der Waals surface area contributed by atoms with E-state index in [0.29, 0.717) is 11.4 Å². The molecule has 0 N–H and O–H groups in total. The van der Waals surface area contributed by atoms with Crippen LogP contribution in [-0.2, 0) is 17.8 Å². The predicted octanol–water partition coefficient (Wildman–Crippen LogP) is 2.63. The summed E-state index contributed by atoms with van der Waals surface area (Å²) in [5, 5.41) is 15.7. The summed E-state index contributed by atoms with van der Waals surface area (Å²) < 4.78 is 6.28. The first-order chi connectivity index (χ1) is 12.4. The van der Waals surface area contributed by atoms with Gasteiger partial charge in [-0.15, -0.1) is 0 Å². The molecule has 3 aromatic rings. The summed E-state index contributed by atoms with van der Waals surface area (Å²) in [5.74, 6) is -0.848. The normalized spacial score (nSPS) is 10.8. The monoisotopic (exact) mass is 394 g/mol. The number of non-ortho nitro benzene ring substituents is 1. The van der Waals surface area contributed by atoms with Gasteiger partial charge < -0.3 is 4.74 Å². The molecule has 0 fully saturated rings. The number of rotatable bonds is 5. The second kappa shape index (κ2) is 7.18. The van der Waals surface area contributed by atoms with E-state index in [1.54, 1.807) is 0 Å². The molecule has 0 saturated heterocycles. The highest BCUT2D eigenvalue weighted by molar-refractivity contribution is 7.16. The van der Waals surface area contributed by atoms with Crippen molar-refractivity contribution in [3.8, 4) is 0 Å². The number of halogens is 1. The van der Waals surface area contributed by atoms with Gasteiger partial charge in [-0.1, -0.05) is 29.9 Å². The largest absolute Gasteiger partial charge is 0.456 e. The highest BCUT2D eigenvalue weighted by atomic mass is 35.5. The summed E-state index contributed by atoms with van der Waals surface area (Å²) in [6.45, 7) is 1.64. The number of aromatic nitrogens is 3. The predicted molar refractivity (Wildman–Crippen MR) is 93.7 cm³/mol. The fourth-order valence-electron chi connectivity index (χ4n) is 2.11. The second-order valence-electron chi connectivity index (χ2n) is 5.13. The molecule has 2 heterocycles. The third-order valence-corrected chi connectivity index (χ3v) is 4.76. The summed E-state index contributed by atoms with van der Waals surface area (Å²) >= 11 is 7.17. The van der Waals surface area contributed by atoms with E-state index in [9.17, 15) is 19.7 Å². The van der Waals surface area contributed by atoms with Gasteiger partial charge in [0.15, 0.2) is 0 Å². The maximum atomic E-state index is 12.2. The molecule has 0 bridgehead atoms. The van der Waals surface area contributed by atoms with E-state index in [1.165, 1.54) is 34.1 Å². The van der Waals surface area contributed by atoms with Gasteiger partial charge in [-0.2, -0.15) is 9.61 Å². The van der Waals surface area contributed by atoms with Gasteiger partial charge in [0.05, 0.1) is 21.2 Å². The summed E-state index contributed by atoms with van der Waals surface area (Å²) in [5.41, 5.74) is -0.554. The van der Waals surface area contributed by atoms with E-state index in [-0.39, 0.29) is 34.1 Å². The summed E-state index contributed by atoms with van der Waals surface area (Å²) in [7, 11) is 0. The van der Waals surface area contributed by atoms with Crippen LogP contribution in [0.1, 0.15) is 28.0 Å². The fourth-order valence-corrected chi connectivity index (χ4v) is 3.17. The first-order valence-electron chi connectivity index (χ1n) is 7.38. The fraction of sp³-hybridized carbons (Fsp3) is 0.200. The third-order valence-electron chi connectivity index (χ3n) is 3.37. The Balaban J connectivity index is 1.81. The van der Waals surface area contributed by atoms with Crippen LogP contribution in [0.3, 0.4) is 0 Å². The Morgan fingerprint density at radius 2 is 2.19 bits per heavy atom. The van der Waals surface area contributed by atoms with Crippen molar-refractivity contribution < 1.29 is 14.5 Å². The molecule has 134 valence electrons. The first kappa shape index (κ1) is 18.0. The number of esters is 1. The number of aryl methyl sites for hydroxylation is 1. The van der Waals surface area contributed by atoms with Crippen LogP contribution >= 0.6 is 22.9 Å². The molecule has 0 aliphatic rings. The van der Waals surface area contributed by atoms with Crippen LogP contribution in [0.15, 0.2) is 29.1 Å². The molecule has 0 saturated carbocycles. The molecule has 11 heteroatoms. The number of nitro benzene ring substituents is 1. The zero-order chi connectivity index (χ0) is 18.8. The van der Waals surface area contributed by atoms with Crippen LogP contribution in [0.5, 0.6) is 0 Å². The second-order valence-corrected chi connectivity index (χ2v) is 6.57. The van der Waals surface area contributed by atoms with Crippen molar-refractivity contribution in [1.29, 1.82) is 0 Å². The molecule has 0 spiro atoms. The van der Waals surface area contributed by atoms with Crippen molar-refractivity contribution in [3.63, 3.8) is 0 Å². The van der Waals surface area contributed by atoms with Gasteiger partial charge in [0.25, 0.3) is 11.2 Å². The molecule has 9 nitrogen and oxygen atoms in total. The zero-order valence-electron chi connectivity index (χ0n) is 13.3. The maximum Gasteiger partial charge on any atom is 0.340 e. The van der Waals surface area contributed by atoms with Crippen molar-refractivity contribution in [3.05, 3.63) is 66.0 Å². The summed E-state index contributed by atoms with van der Waals surface area (Å²) in [6.07, 6.45) is 0.670. The standard InChI is InChI=1S/C15H11ClN4O5S/c1-2-12-18-19-13(21)5-8(17-15(19)26-12)7-25-14(22)10-6-9(20(23)24)3-4-11(10)16/h3-6H,2,7H2,1H3. The molecule has 0 unspecified atom stereocenters. The van der Waals surface area contributed by atoms with Crippen molar-refractivity contribution in [2.24, 2.45) is 0 Å². The van der Waals surface area contributed by atoms with Crippen LogP contribution in [0.25, 0.3) is 4.96 Å². The molecule has 0 amide bonds. The Hall–Kier alpha value is -2.85. The van der Waals surface area contributed by atoms with Crippen molar-refractivity contribution >= 4 is 39.6 Å². The SMILES string of the molecule is CCc1nn2c(=O)cc(COC(=O)c3cc([N+](=O)[O-])ccc3Cl)nc2s1. The zero-order valence-corrected chi connectivity index (χ0v) is 14.9. The Kier molecular flexibility index (Phi) is 4.96. The molecule has 0 atom stereocenters. The number of ether oxygens (including phenoxy) is 1. The number of nitrogens with zero attached hydrogens (tertiary/aromatic N) is 4. The van der Waals surface area contributed by atoms with Gasteiger partial charge >= 0.3 is 5.97 Å². The van der Waals surface area contributed by atoms with E-state index in [1.807, 2.05) is 6.92 Å². The number of carbonyl (C=O) groups is 1. The van der Waals surface area contributed by atoms with E-state index in [2.05, 4.69) is 10.1 Å². The van der Waals surface area contributed by atoms with E-state index in [4.69, 9.17) is 16.3 Å². The Bertz CT molecular complexity index is 1080. The first-order valence-corrected chi connectivity index (χ1v) is 8.58. The molecular weight excluding hydrogens is 384 g/mol. The molecule has 2 aromatic heterocycles. The number of carbonyl (C=O) groups excluding carboxylic acids is 1. The average Bonchev–Trinajstić information content (AvgIpc) is 3.03. The quantitative estimate of drug-likeness (QED) is 0.371. The van der Waals surface area contributed by atoms with Crippen LogP contribution < -0.4 is 5.56 Å². The van der Waals surface area contributed by atoms with E-state index in [0.717, 1.165) is 11.1 Å². The highest BCUT2D eigenvalue weighted by Crippen LogP contribution is 2.23. The van der Waals surface area contributed by atoms with Crippen molar-refractivity contribution in [2.75, 3.05) is 0 Å². The highest BCUT2D eigenvalue weighted by Gasteiger charge is 2.18. The number of hydrogen-bond acceptors (Lipinski definition) is 8. The lowest BCUT2D eigenvalue weighted by molar-refractivity contribution is -0.384. The molecule has 26 heavy (non-hydrogen) atoms. The lowest BCUT2D eigenvalue weighted by Crippen LogP contribution is -2.16. The molecule has 0 radical (unpaired) electrons. The lowest BCUT2D eigenvalue weighted by Gasteiger charge is -2.06. The Morgan fingerprint density at radius 3 is 2.88 bits per heavy atom. The molecular formula is C15H11ClN4O5S. The lowest BCUT2D eigenvalue weighted by atomic mass is 10.2. The maximum absolute atomic E-state index is 12.2. The van der Waals surface area contributed by atoms with Gasteiger partial charge in [-0.3, -0.25) is 14.9 Å². The minimum absolute atomic E-state index is 0.0270. The van der Waals surface area contributed by atoms with Crippen LogP contribution in [-0.4, -0.2) is 25.5 Å². The topological polar surface area (TPSA) is 117 Å². The third kappa shape index (κ3) is 3.55. The smallest absolute Gasteiger partial charge is 0.340 e. The minimum atomic E-state index is -0.848. The van der Waals surface area contributed by atoms with Crippen molar-refractivity contribution in [1.82, 2.24) is 14.6 Å². The van der Waals surface area contributed by atoms with E-state index >= 15 is 0 Å². The Labute approximate surface area is 155 Å². The van der Waals surface area contributed by atoms with E-state index < -0.39 is 10.9 Å². The molecule has 0 aliphatic heterocycles. The van der Waals surface area contributed by atoms with Crippen LogP contribution in [0.2, 0.25) is 5.02 Å². The number of nitro groups is 1. The minimum Gasteiger partial charge on any atom is -0.456 e. The van der Waals surface area contributed by atoms with Gasteiger partial charge in [0, 0.05) is 18.2 Å². The van der Waals surface area contributed by atoms with Crippen molar-refractivity contribution in [2.45, 2.75) is 20.0 Å². The average molecular weight is 395 g/mol. The van der Waals surface area contributed by atoms with Crippen LogP contribution in [0.4, 0.5) is 5.69 Å². The molecule has 1 aromatic carbocycles. The number of benzene rings is 1. The van der Waals surface area contributed by atoms with Crippen LogP contribution in [0, 0.1) is 10.1 Å². The Morgan fingerprint density at radius 1 is 1.42 bits per heavy atom. The molecule has 0 aliphatic carbocycles. The van der Waals surface area contributed by atoms with Gasteiger partial charge in [0.1, 0.15) is 11.6 Å². The van der Waals surface area contributed by atoms with Gasteiger partial charge in [-0.05, 0) is 12.5 Å². The summed E-state index contributed by atoms with van der Waals surface area (Å²) in [4.78, 5) is 39.0. The molecule has 3 rings (SSSR count).